The molecule has 0 aromatic heterocycles. The molecule has 0 bridgehead atoms. The van der Waals surface area contributed by atoms with Crippen molar-refractivity contribution in [3.63, 3.8) is 0 Å². The van der Waals surface area contributed by atoms with Gasteiger partial charge in [0.2, 0.25) is 5.91 Å². The zero-order valence-electron chi connectivity index (χ0n) is 7.66. The van der Waals surface area contributed by atoms with Crippen molar-refractivity contribution < 1.29 is 4.79 Å². The molecule has 0 unspecified atom stereocenters. The third-order valence-corrected chi connectivity index (χ3v) is 2.89. The van der Waals surface area contributed by atoms with E-state index in [0.29, 0.717) is 6.04 Å². The lowest BCUT2D eigenvalue weighted by molar-refractivity contribution is -0.130. The first-order chi connectivity index (χ1) is 5.61. The van der Waals surface area contributed by atoms with Gasteiger partial charge in [0.15, 0.2) is 0 Å². The maximum atomic E-state index is 11.0. The van der Waals surface area contributed by atoms with E-state index in [0.717, 1.165) is 25.9 Å². The quantitative estimate of drug-likeness (QED) is 0.615. The number of piperidine rings is 1. The monoisotopic (exact) mass is 188 g/mol. The molecule has 0 aromatic rings. The topological polar surface area (TPSA) is 23.6 Å². The largest absolute Gasteiger partial charge is 0.343 e. The van der Waals surface area contributed by atoms with E-state index in [1.54, 1.807) is 6.92 Å². The number of amides is 1. The van der Waals surface area contributed by atoms with Gasteiger partial charge >= 0.3 is 0 Å². The SMILES string of the molecule is CC(=O)N(C)C1CCN(S)CC1. The molecule has 0 saturated carbocycles. The highest BCUT2D eigenvalue weighted by Crippen LogP contribution is 2.16. The highest BCUT2D eigenvalue weighted by Gasteiger charge is 2.21. The van der Waals surface area contributed by atoms with Gasteiger partial charge in [0, 0.05) is 33.1 Å². The van der Waals surface area contributed by atoms with Gasteiger partial charge in [0.05, 0.1) is 0 Å². The summed E-state index contributed by atoms with van der Waals surface area (Å²) in [5.74, 6) is 0.160. The Balaban J connectivity index is 2.39. The van der Waals surface area contributed by atoms with E-state index in [2.05, 4.69) is 12.8 Å². The minimum atomic E-state index is 0.160. The van der Waals surface area contributed by atoms with Crippen LogP contribution >= 0.6 is 12.8 Å². The second-order valence-electron chi connectivity index (χ2n) is 3.31. The number of thiol groups is 1. The Morgan fingerprint density at radius 2 is 2.00 bits per heavy atom. The Morgan fingerprint density at radius 3 is 2.42 bits per heavy atom. The molecule has 1 amide bonds. The molecule has 1 saturated heterocycles. The molecule has 0 radical (unpaired) electrons. The van der Waals surface area contributed by atoms with Crippen molar-refractivity contribution in [2.24, 2.45) is 0 Å². The van der Waals surface area contributed by atoms with Crippen molar-refractivity contribution in [1.82, 2.24) is 9.21 Å². The van der Waals surface area contributed by atoms with Gasteiger partial charge in [-0.25, -0.2) is 0 Å². The van der Waals surface area contributed by atoms with E-state index in [-0.39, 0.29) is 5.91 Å². The van der Waals surface area contributed by atoms with Crippen molar-refractivity contribution in [3.8, 4) is 0 Å². The third-order valence-electron chi connectivity index (χ3n) is 2.49. The molecule has 4 heteroatoms. The molecule has 70 valence electrons. The van der Waals surface area contributed by atoms with Crippen molar-refractivity contribution in [3.05, 3.63) is 0 Å². The lowest BCUT2D eigenvalue weighted by Gasteiger charge is -2.33. The summed E-state index contributed by atoms with van der Waals surface area (Å²) in [6, 6.07) is 0.422. The summed E-state index contributed by atoms with van der Waals surface area (Å²) in [6.07, 6.45) is 2.08. The number of carbonyl (C=O) groups is 1. The van der Waals surface area contributed by atoms with Crippen LogP contribution in [0.1, 0.15) is 19.8 Å². The van der Waals surface area contributed by atoms with Crippen molar-refractivity contribution in [2.75, 3.05) is 20.1 Å². The van der Waals surface area contributed by atoms with Gasteiger partial charge in [-0.3, -0.25) is 9.10 Å². The summed E-state index contributed by atoms with van der Waals surface area (Å²) < 4.78 is 2.00. The Morgan fingerprint density at radius 1 is 1.50 bits per heavy atom. The highest BCUT2D eigenvalue weighted by molar-refractivity contribution is 7.77. The predicted molar refractivity (Wildman–Crippen MR) is 52.0 cm³/mol. The third kappa shape index (κ3) is 2.38. The van der Waals surface area contributed by atoms with Gasteiger partial charge in [-0.1, -0.05) is 12.8 Å². The fourth-order valence-corrected chi connectivity index (χ4v) is 1.73. The molecule has 3 nitrogen and oxygen atoms in total. The van der Waals surface area contributed by atoms with Crippen LogP contribution in [0.15, 0.2) is 0 Å². The summed E-state index contributed by atoms with van der Waals surface area (Å²) in [5.41, 5.74) is 0. The molecule has 0 atom stereocenters. The van der Waals surface area contributed by atoms with Gasteiger partial charge in [-0.2, -0.15) is 0 Å². The number of hydrogen-bond donors (Lipinski definition) is 1. The minimum absolute atomic E-state index is 0.160. The van der Waals surface area contributed by atoms with E-state index >= 15 is 0 Å². The van der Waals surface area contributed by atoms with Crippen LogP contribution < -0.4 is 0 Å². The van der Waals surface area contributed by atoms with Gasteiger partial charge < -0.3 is 4.90 Å². The molecule has 1 aliphatic rings. The summed E-state index contributed by atoms with van der Waals surface area (Å²) >= 11 is 4.25. The maximum absolute atomic E-state index is 11.0. The van der Waals surface area contributed by atoms with Crippen LogP contribution in [0.4, 0.5) is 0 Å². The standard InChI is InChI=1S/C8H16N2OS/c1-7(11)9(2)8-3-5-10(12)6-4-8/h8,12H,3-6H2,1-2H3. The first-order valence-electron chi connectivity index (χ1n) is 4.28. The summed E-state index contributed by atoms with van der Waals surface area (Å²) in [6.45, 7) is 3.57. The van der Waals surface area contributed by atoms with Crippen LogP contribution in [0, 0.1) is 0 Å². The predicted octanol–water partition coefficient (Wildman–Crippen LogP) is 0.774. The molecule has 12 heavy (non-hydrogen) atoms. The molecule has 0 aromatic carbocycles. The lowest BCUT2D eigenvalue weighted by Crippen LogP contribution is -2.42. The number of hydrogen-bond acceptors (Lipinski definition) is 3. The van der Waals surface area contributed by atoms with E-state index in [1.165, 1.54) is 0 Å². The van der Waals surface area contributed by atoms with Crippen molar-refractivity contribution >= 4 is 18.7 Å². The molecule has 1 heterocycles. The van der Waals surface area contributed by atoms with Gasteiger partial charge in [-0.05, 0) is 12.8 Å². The smallest absolute Gasteiger partial charge is 0.219 e. The van der Waals surface area contributed by atoms with E-state index in [4.69, 9.17) is 0 Å². The van der Waals surface area contributed by atoms with Crippen molar-refractivity contribution in [1.29, 1.82) is 0 Å². The second-order valence-corrected chi connectivity index (χ2v) is 3.88. The zero-order valence-corrected chi connectivity index (χ0v) is 8.55. The average Bonchev–Trinajstić information content (AvgIpc) is 2.04. The normalized spacial score (nSPS) is 20.9. The Labute approximate surface area is 79.3 Å². The number of rotatable bonds is 1. The fraction of sp³-hybridized carbons (Fsp3) is 0.875. The Kier molecular flexibility index (Phi) is 3.40. The van der Waals surface area contributed by atoms with Gasteiger partial charge in [0.1, 0.15) is 0 Å². The molecule has 0 N–H and O–H groups in total. The molecule has 1 aliphatic heterocycles. The molecular formula is C8H16N2OS. The van der Waals surface area contributed by atoms with Crippen LogP contribution in [0.2, 0.25) is 0 Å². The minimum Gasteiger partial charge on any atom is -0.343 e. The Hall–Kier alpha value is -0.220. The second kappa shape index (κ2) is 4.14. The van der Waals surface area contributed by atoms with Crippen LogP contribution in [0.25, 0.3) is 0 Å². The van der Waals surface area contributed by atoms with Crippen LogP contribution in [-0.4, -0.2) is 41.3 Å². The van der Waals surface area contributed by atoms with E-state index in [1.807, 2.05) is 16.3 Å². The molecular weight excluding hydrogens is 172 g/mol. The number of nitrogens with zero attached hydrogens (tertiary/aromatic N) is 2. The first-order valence-corrected chi connectivity index (χ1v) is 4.68. The summed E-state index contributed by atoms with van der Waals surface area (Å²) in [7, 11) is 1.88. The van der Waals surface area contributed by atoms with Crippen LogP contribution in [-0.2, 0) is 4.79 Å². The molecule has 0 spiro atoms. The average molecular weight is 188 g/mol. The van der Waals surface area contributed by atoms with Crippen molar-refractivity contribution in [2.45, 2.75) is 25.8 Å². The number of carbonyl (C=O) groups excluding carboxylic acids is 1. The summed E-state index contributed by atoms with van der Waals surface area (Å²) in [4.78, 5) is 12.9. The van der Waals surface area contributed by atoms with Crippen LogP contribution in [0.3, 0.4) is 0 Å². The van der Waals surface area contributed by atoms with Gasteiger partial charge in [-0.15, -0.1) is 0 Å². The zero-order chi connectivity index (χ0) is 9.14. The summed E-state index contributed by atoms with van der Waals surface area (Å²) in [5, 5.41) is 0. The maximum Gasteiger partial charge on any atom is 0.219 e. The Bertz CT molecular complexity index is 166. The molecule has 1 rings (SSSR count). The lowest BCUT2D eigenvalue weighted by atomic mass is 10.1. The molecule has 0 aliphatic carbocycles. The highest BCUT2D eigenvalue weighted by atomic mass is 32.1. The van der Waals surface area contributed by atoms with Crippen LogP contribution in [0.5, 0.6) is 0 Å². The van der Waals surface area contributed by atoms with E-state index in [9.17, 15) is 4.79 Å². The first kappa shape index (κ1) is 9.86. The van der Waals surface area contributed by atoms with Gasteiger partial charge in [0.25, 0.3) is 0 Å². The fourth-order valence-electron chi connectivity index (χ4n) is 1.50. The molecule has 1 fully saturated rings. The van der Waals surface area contributed by atoms with E-state index < -0.39 is 0 Å².